The van der Waals surface area contributed by atoms with Crippen LogP contribution in [-0.4, -0.2) is 12.0 Å². The SMILES string of the molecule is Cc1ccc(CNC(=O)C(C)Oc2ccc(Br)cc2)s1. The van der Waals surface area contributed by atoms with E-state index in [2.05, 4.69) is 28.2 Å². The van der Waals surface area contributed by atoms with E-state index in [0.717, 1.165) is 9.35 Å². The Morgan fingerprint density at radius 3 is 2.60 bits per heavy atom. The van der Waals surface area contributed by atoms with Crippen molar-refractivity contribution >= 4 is 33.2 Å². The Balaban J connectivity index is 1.84. The molecular weight excluding hydrogens is 338 g/mol. The highest BCUT2D eigenvalue weighted by atomic mass is 79.9. The minimum Gasteiger partial charge on any atom is -0.481 e. The first-order valence-corrected chi connectivity index (χ1v) is 7.91. The molecular formula is C15H16BrNO2S. The smallest absolute Gasteiger partial charge is 0.261 e. The summed E-state index contributed by atoms with van der Waals surface area (Å²) in [5.74, 6) is 0.571. The van der Waals surface area contributed by atoms with E-state index in [1.165, 1.54) is 4.88 Å². The Hall–Kier alpha value is -1.33. The monoisotopic (exact) mass is 353 g/mol. The number of hydrogen-bond donors (Lipinski definition) is 1. The number of halogens is 1. The first-order chi connectivity index (χ1) is 9.54. The van der Waals surface area contributed by atoms with Gasteiger partial charge < -0.3 is 10.1 Å². The molecule has 106 valence electrons. The third-order valence-corrected chi connectivity index (χ3v) is 4.26. The molecule has 1 atom stereocenters. The summed E-state index contributed by atoms with van der Waals surface area (Å²) in [5.41, 5.74) is 0. The van der Waals surface area contributed by atoms with Gasteiger partial charge in [0.1, 0.15) is 5.75 Å². The van der Waals surface area contributed by atoms with Crippen LogP contribution in [0.3, 0.4) is 0 Å². The van der Waals surface area contributed by atoms with Gasteiger partial charge in [-0.15, -0.1) is 11.3 Å². The zero-order valence-electron chi connectivity index (χ0n) is 11.4. The minimum absolute atomic E-state index is 0.112. The van der Waals surface area contributed by atoms with Gasteiger partial charge in [0.15, 0.2) is 6.10 Å². The van der Waals surface area contributed by atoms with Crippen molar-refractivity contribution < 1.29 is 9.53 Å². The van der Waals surface area contributed by atoms with Crippen LogP contribution >= 0.6 is 27.3 Å². The highest BCUT2D eigenvalue weighted by molar-refractivity contribution is 9.10. The molecule has 1 unspecified atom stereocenters. The molecule has 1 N–H and O–H groups in total. The molecule has 0 aliphatic carbocycles. The zero-order valence-corrected chi connectivity index (χ0v) is 13.8. The van der Waals surface area contributed by atoms with E-state index in [1.807, 2.05) is 36.4 Å². The maximum absolute atomic E-state index is 12.0. The zero-order chi connectivity index (χ0) is 14.5. The van der Waals surface area contributed by atoms with Crippen molar-refractivity contribution in [2.24, 2.45) is 0 Å². The summed E-state index contributed by atoms with van der Waals surface area (Å²) >= 11 is 5.05. The third-order valence-electron chi connectivity index (χ3n) is 2.73. The Morgan fingerprint density at radius 2 is 2.00 bits per heavy atom. The lowest BCUT2D eigenvalue weighted by Crippen LogP contribution is -2.35. The van der Waals surface area contributed by atoms with Gasteiger partial charge in [-0.05, 0) is 50.2 Å². The van der Waals surface area contributed by atoms with Gasteiger partial charge in [0.25, 0.3) is 5.91 Å². The summed E-state index contributed by atoms with van der Waals surface area (Å²) in [6, 6.07) is 11.5. The number of carbonyl (C=O) groups excluding carboxylic acids is 1. The summed E-state index contributed by atoms with van der Waals surface area (Å²) < 4.78 is 6.58. The van der Waals surface area contributed by atoms with Crippen LogP contribution in [0, 0.1) is 6.92 Å². The molecule has 1 aromatic carbocycles. The largest absolute Gasteiger partial charge is 0.481 e. The van der Waals surface area contributed by atoms with Gasteiger partial charge in [-0.2, -0.15) is 0 Å². The highest BCUT2D eigenvalue weighted by Crippen LogP contribution is 2.18. The predicted molar refractivity (Wildman–Crippen MR) is 85.1 cm³/mol. The number of benzene rings is 1. The van der Waals surface area contributed by atoms with Crippen molar-refractivity contribution in [2.45, 2.75) is 26.5 Å². The minimum atomic E-state index is -0.516. The van der Waals surface area contributed by atoms with E-state index >= 15 is 0 Å². The quantitative estimate of drug-likeness (QED) is 0.884. The average Bonchev–Trinajstić information content (AvgIpc) is 2.84. The molecule has 2 aromatic rings. The van der Waals surface area contributed by atoms with E-state index in [0.29, 0.717) is 12.3 Å². The van der Waals surface area contributed by atoms with Crippen molar-refractivity contribution in [1.82, 2.24) is 5.32 Å². The van der Waals surface area contributed by atoms with E-state index in [9.17, 15) is 4.79 Å². The first kappa shape index (κ1) is 15.1. The normalized spacial score (nSPS) is 11.9. The molecule has 0 aliphatic heterocycles. The standard InChI is InChI=1S/C15H16BrNO2S/c1-10-3-8-14(20-10)9-17-15(18)11(2)19-13-6-4-12(16)5-7-13/h3-8,11H,9H2,1-2H3,(H,17,18). The van der Waals surface area contributed by atoms with Gasteiger partial charge in [-0.1, -0.05) is 15.9 Å². The van der Waals surface area contributed by atoms with Crippen molar-refractivity contribution in [1.29, 1.82) is 0 Å². The second kappa shape index (κ2) is 6.90. The molecule has 1 amide bonds. The molecule has 0 radical (unpaired) electrons. The van der Waals surface area contributed by atoms with Gasteiger partial charge in [0, 0.05) is 14.2 Å². The molecule has 0 spiro atoms. The van der Waals surface area contributed by atoms with Crippen LogP contribution in [0.2, 0.25) is 0 Å². The van der Waals surface area contributed by atoms with Crippen LogP contribution in [0.25, 0.3) is 0 Å². The van der Waals surface area contributed by atoms with Gasteiger partial charge in [0.05, 0.1) is 6.54 Å². The van der Waals surface area contributed by atoms with Gasteiger partial charge in [0.2, 0.25) is 0 Å². The third kappa shape index (κ3) is 4.35. The van der Waals surface area contributed by atoms with Crippen LogP contribution in [0.15, 0.2) is 40.9 Å². The summed E-state index contributed by atoms with van der Waals surface area (Å²) in [6.07, 6.45) is -0.516. The number of ether oxygens (including phenoxy) is 1. The molecule has 1 aromatic heterocycles. The summed E-state index contributed by atoms with van der Waals surface area (Å²) in [6.45, 7) is 4.34. The predicted octanol–water partition coefficient (Wildman–Crippen LogP) is 3.90. The molecule has 0 fully saturated rings. The Kier molecular flexibility index (Phi) is 5.20. The van der Waals surface area contributed by atoms with Crippen LogP contribution in [-0.2, 0) is 11.3 Å². The lowest BCUT2D eigenvalue weighted by atomic mass is 10.3. The number of nitrogens with one attached hydrogen (secondary N) is 1. The number of aryl methyl sites for hydroxylation is 1. The average molecular weight is 354 g/mol. The number of thiophene rings is 1. The van der Waals surface area contributed by atoms with Crippen molar-refractivity contribution in [3.63, 3.8) is 0 Å². The van der Waals surface area contributed by atoms with Gasteiger partial charge >= 0.3 is 0 Å². The Labute approximate surface area is 131 Å². The van der Waals surface area contributed by atoms with Gasteiger partial charge in [-0.3, -0.25) is 4.79 Å². The Morgan fingerprint density at radius 1 is 1.30 bits per heavy atom. The second-order valence-corrected chi connectivity index (χ2v) is 6.73. The summed E-state index contributed by atoms with van der Waals surface area (Å²) in [4.78, 5) is 14.3. The highest BCUT2D eigenvalue weighted by Gasteiger charge is 2.14. The molecule has 1 heterocycles. The topological polar surface area (TPSA) is 38.3 Å². The number of amides is 1. The maximum atomic E-state index is 12.0. The lowest BCUT2D eigenvalue weighted by molar-refractivity contribution is -0.127. The van der Waals surface area contributed by atoms with Crippen molar-refractivity contribution in [3.05, 3.63) is 50.6 Å². The molecule has 0 saturated heterocycles. The lowest BCUT2D eigenvalue weighted by Gasteiger charge is -2.14. The summed E-state index contributed by atoms with van der Waals surface area (Å²) in [7, 11) is 0. The van der Waals surface area contributed by atoms with Crippen LogP contribution in [0.4, 0.5) is 0 Å². The fourth-order valence-corrected chi connectivity index (χ4v) is 2.76. The fraction of sp³-hybridized carbons (Fsp3) is 0.267. The Bertz CT molecular complexity index is 580. The van der Waals surface area contributed by atoms with E-state index in [4.69, 9.17) is 4.74 Å². The first-order valence-electron chi connectivity index (χ1n) is 6.30. The molecule has 3 nitrogen and oxygen atoms in total. The van der Waals surface area contributed by atoms with Crippen LogP contribution in [0.5, 0.6) is 5.75 Å². The second-order valence-electron chi connectivity index (χ2n) is 4.44. The maximum Gasteiger partial charge on any atom is 0.261 e. The van der Waals surface area contributed by atoms with Crippen LogP contribution in [0.1, 0.15) is 16.7 Å². The molecule has 2 rings (SSSR count). The van der Waals surface area contributed by atoms with E-state index < -0.39 is 6.10 Å². The van der Waals surface area contributed by atoms with E-state index in [1.54, 1.807) is 18.3 Å². The van der Waals surface area contributed by atoms with Crippen molar-refractivity contribution in [2.75, 3.05) is 0 Å². The number of rotatable bonds is 5. The van der Waals surface area contributed by atoms with E-state index in [-0.39, 0.29) is 5.91 Å². The van der Waals surface area contributed by atoms with Crippen LogP contribution < -0.4 is 10.1 Å². The van der Waals surface area contributed by atoms with Gasteiger partial charge in [-0.25, -0.2) is 0 Å². The number of hydrogen-bond acceptors (Lipinski definition) is 3. The number of carbonyl (C=O) groups is 1. The molecule has 20 heavy (non-hydrogen) atoms. The van der Waals surface area contributed by atoms with Crippen molar-refractivity contribution in [3.8, 4) is 5.75 Å². The fourth-order valence-electron chi connectivity index (χ4n) is 1.67. The molecule has 0 saturated carbocycles. The molecule has 0 aliphatic rings. The molecule has 0 bridgehead atoms. The summed E-state index contributed by atoms with van der Waals surface area (Å²) in [5, 5.41) is 2.88. The molecule has 5 heteroatoms.